The van der Waals surface area contributed by atoms with Crippen molar-refractivity contribution < 1.29 is 14.3 Å². The van der Waals surface area contributed by atoms with Gasteiger partial charge in [0, 0.05) is 0 Å². The van der Waals surface area contributed by atoms with Gasteiger partial charge in [0.1, 0.15) is 0 Å². The number of amides is 1. The maximum Gasteiger partial charge on any atom is 0.308 e. The summed E-state index contributed by atoms with van der Waals surface area (Å²) < 4.78 is 4.79. The van der Waals surface area contributed by atoms with E-state index in [1.807, 2.05) is 0 Å². The van der Waals surface area contributed by atoms with Crippen molar-refractivity contribution in [2.24, 2.45) is 5.92 Å². The number of nitrogens with zero attached hydrogens (tertiary/aromatic N) is 1. The Labute approximate surface area is 144 Å². The van der Waals surface area contributed by atoms with Crippen molar-refractivity contribution in [3.05, 3.63) is 35.4 Å². The molecule has 24 heavy (non-hydrogen) atoms. The number of piperidine rings is 1. The monoisotopic (exact) mass is 332 g/mol. The lowest BCUT2D eigenvalue weighted by atomic mass is 9.97. The van der Waals surface area contributed by atoms with E-state index in [1.165, 1.54) is 12.7 Å². The van der Waals surface area contributed by atoms with Crippen LogP contribution in [0.2, 0.25) is 0 Å². The predicted molar refractivity (Wildman–Crippen MR) is 93.5 cm³/mol. The van der Waals surface area contributed by atoms with Gasteiger partial charge in [-0.3, -0.25) is 14.5 Å². The van der Waals surface area contributed by atoms with Crippen molar-refractivity contribution in [1.29, 1.82) is 0 Å². The summed E-state index contributed by atoms with van der Waals surface area (Å²) >= 11 is 0. The zero-order chi connectivity index (χ0) is 17.5. The van der Waals surface area contributed by atoms with E-state index in [2.05, 4.69) is 48.3 Å². The Morgan fingerprint density at radius 1 is 1.25 bits per heavy atom. The number of methoxy groups -OCH3 is 1. The molecule has 5 nitrogen and oxygen atoms in total. The van der Waals surface area contributed by atoms with Gasteiger partial charge < -0.3 is 10.1 Å². The number of carbonyl (C=O) groups is 2. The second-order valence-corrected chi connectivity index (χ2v) is 6.51. The molecule has 1 aromatic rings. The Morgan fingerprint density at radius 2 is 1.88 bits per heavy atom. The molecule has 0 spiro atoms. The van der Waals surface area contributed by atoms with Crippen molar-refractivity contribution >= 4 is 11.9 Å². The summed E-state index contributed by atoms with van der Waals surface area (Å²) in [6, 6.07) is 8.34. The molecule has 132 valence electrons. The molecule has 0 bridgehead atoms. The van der Waals surface area contributed by atoms with Crippen LogP contribution in [0.25, 0.3) is 0 Å². The molecule has 0 unspecified atom stereocenters. The van der Waals surface area contributed by atoms with Crippen LogP contribution in [0.3, 0.4) is 0 Å². The number of likely N-dealkylation sites (tertiary alicyclic amines) is 1. The number of hydrogen-bond acceptors (Lipinski definition) is 4. The van der Waals surface area contributed by atoms with E-state index >= 15 is 0 Å². The highest BCUT2D eigenvalue weighted by Gasteiger charge is 2.26. The Morgan fingerprint density at radius 3 is 2.42 bits per heavy atom. The molecule has 1 aliphatic heterocycles. The molecule has 1 amide bonds. The number of ether oxygens (including phenoxy) is 1. The highest BCUT2D eigenvalue weighted by molar-refractivity contribution is 5.78. The van der Waals surface area contributed by atoms with Gasteiger partial charge in [-0.25, -0.2) is 0 Å². The Bertz CT molecular complexity index is 548. The van der Waals surface area contributed by atoms with E-state index in [0.717, 1.165) is 37.9 Å². The standard InChI is InChI=1S/C19H28N2O3/c1-4-17(15-7-5-14(2)6-8-15)20-18(22)13-21-11-9-16(10-12-21)19(23)24-3/h5-8,16-17H,4,9-13H2,1-3H3,(H,20,22)/t17-/m0/s1. The molecule has 5 heteroatoms. The first-order chi connectivity index (χ1) is 11.5. The average molecular weight is 332 g/mol. The second kappa shape index (κ2) is 8.83. The molecule has 1 saturated heterocycles. The Balaban J connectivity index is 1.82. The quantitative estimate of drug-likeness (QED) is 0.813. The van der Waals surface area contributed by atoms with Crippen molar-refractivity contribution in [1.82, 2.24) is 10.2 Å². The number of carbonyl (C=O) groups excluding carboxylic acids is 2. The van der Waals surface area contributed by atoms with Crippen molar-refractivity contribution in [2.75, 3.05) is 26.7 Å². The average Bonchev–Trinajstić information content (AvgIpc) is 2.60. The van der Waals surface area contributed by atoms with E-state index in [0.29, 0.717) is 6.54 Å². The van der Waals surface area contributed by atoms with Gasteiger partial charge in [0.2, 0.25) is 5.91 Å². The van der Waals surface area contributed by atoms with Gasteiger partial charge in [-0.15, -0.1) is 0 Å². The minimum Gasteiger partial charge on any atom is -0.469 e. The topological polar surface area (TPSA) is 58.6 Å². The van der Waals surface area contributed by atoms with Gasteiger partial charge in [-0.2, -0.15) is 0 Å². The minimum atomic E-state index is -0.135. The Kier molecular flexibility index (Phi) is 6.79. The van der Waals surface area contributed by atoms with Crippen LogP contribution in [0.5, 0.6) is 0 Å². The summed E-state index contributed by atoms with van der Waals surface area (Å²) in [5, 5.41) is 3.12. The molecule has 0 aliphatic carbocycles. The highest BCUT2D eigenvalue weighted by atomic mass is 16.5. The lowest BCUT2D eigenvalue weighted by Crippen LogP contribution is -2.43. The van der Waals surface area contributed by atoms with Crippen LogP contribution in [0, 0.1) is 12.8 Å². The highest BCUT2D eigenvalue weighted by Crippen LogP contribution is 2.19. The lowest BCUT2D eigenvalue weighted by Gasteiger charge is -2.30. The van der Waals surface area contributed by atoms with E-state index in [-0.39, 0.29) is 23.8 Å². The van der Waals surface area contributed by atoms with Gasteiger partial charge in [0.15, 0.2) is 0 Å². The van der Waals surface area contributed by atoms with Crippen LogP contribution in [-0.2, 0) is 14.3 Å². The summed E-state index contributed by atoms with van der Waals surface area (Å²) in [4.78, 5) is 26.0. The first-order valence-electron chi connectivity index (χ1n) is 8.69. The third kappa shape index (κ3) is 5.06. The SMILES string of the molecule is CC[C@H](NC(=O)CN1CCC(C(=O)OC)CC1)c1ccc(C)cc1. The molecule has 1 heterocycles. The van der Waals surface area contributed by atoms with Crippen LogP contribution in [0.1, 0.15) is 43.4 Å². The first-order valence-corrected chi connectivity index (χ1v) is 8.69. The first kappa shape index (κ1) is 18.5. The normalized spacial score (nSPS) is 17.3. The molecule has 1 N–H and O–H groups in total. The Hall–Kier alpha value is -1.88. The number of rotatable bonds is 6. The van der Waals surface area contributed by atoms with Gasteiger partial charge in [0.25, 0.3) is 0 Å². The maximum absolute atomic E-state index is 12.3. The maximum atomic E-state index is 12.3. The summed E-state index contributed by atoms with van der Waals surface area (Å²) in [6.07, 6.45) is 2.38. The number of aryl methyl sites for hydroxylation is 1. The van der Waals surface area contributed by atoms with Crippen LogP contribution >= 0.6 is 0 Å². The van der Waals surface area contributed by atoms with Gasteiger partial charge >= 0.3 is 5.97 Å². The van der Waals surface area contributed by atoms with E-state index in [4.69, 9.17) is 4.74 Å². The molecule has 0 aromatic heterocycles. The summed E-state index contributed by atoms with van der Waals surface area (Å²) in [5.74, 6) is -0.117. The van der Waals surface area contributed by atoms with E-state index in [1.54, 1.807) is 0 Å². The van der Waals surface area contributed by atoms with Crippen molar-refractivity contribution in [2.45, 2.75) is 39.2 Å². The van der Waals surface area contributed by atoms with Crippen LogP contribution in [0.4, 0.5) is 0 Å². The summed E-state index contributed by atoms with van der Waals surface area (Å²) in [6.45, 7) is 6.03. The fourth-order valence-corrected chi connectivity index (χ4v) is 3.16. The zero-order valence-electron chi connectivity index (χ0n) is 14.9. The van der Waals surface area contributed by atoms with Crippen LogP contribution in [0.15, 0.2) is 24.3 Å². The molecular formula is C19H28N2O3. The largest absolute Gasteiger partial charge is 0.469 e. The number of esters is 1. The summed E-state index contributed by atoms with van der Waals surface area (Å²) in [7, 11) is 1.43. The van der Waals surface area contributed by atoms with E-state index < -0.39 is 0 Å². The van der Waals surface area contributed by atoms with Gasteiger partial charge in [-0.05, 0) is 44.8 Å². The minimum absolute atomic E-state index is 0.0229. The third-order valence-corrected chi connectivity index (χ3v) is 4.71. The van der Waals surface area contributed by atoms with Gasteiger partial charge in [0.05, 0.1) is 25.6 Å². The molecule has 0 radical (unpaired) electrons. The smallest absolute Gasteiger partial charge is 0.308 e. The van der Waals surface area contributed by atoms with Crippen molar-refractivity contribution in [3.63, 3.8) is 0 Å². The third-order valence-electron chi connectivity index (χ3n) is 4.71. The fourth-order valence-electron chi connectivity index (χ4n) is 3.16. The number of nitrogens with one attached hydrogen (secondary N) is 1. The summed E-state index contributed by atoms with van der Waals surface area (Å²) in [5.41, 5.74) is 2.36. The molecule has 1 fully saturated rings. The van der Waals surface area contributed by atoms with Crippen LogP contribution < -0.4 is 5.32 Å². The molecule has 0 saturated carbocycles. The van der Waals surface area contributed by atoms with Crippen molar-refractivity contribution in [3.8, 4) is 0 Å². The molecule has 1 atom stereocenters. The molecular weight excluding hydrogens is 304 g/mol. The van der Waals surface area contributed by atoms with Crippen LogP contribution in [-0.4, -0.2) is 43.5 Å². The zero-order valence-corrected chi connectivity index (χ0v) is 14.9. The molecule has 1 aromatic carbocycles. The lowest BCUT2D eigenvalue weighted by molar-refractivity contribution is -0.147. The second-order valence-electron chi connectivity index (χ2n) is 6.51. The van der Waals surface area contributed by atoms with Gasteiger partial charge in [-0.1, -0.05) is 36.8 Å². The van der Waals surface area contributed by atoms with E-state index in [9.17, 15) is 9.59 Å². The number of benzene rings is 1. The predicted octanol–water partition coefficient (Wildman–Crippen LogP) is 2.45. The number of hydrogen-bond donors (Lipinski definition) is 1. The molecule has 2 rings (SSSR count). The fraction of sp³-hybridized carbons (Fsp3) is 0.579. The molecule has 1 aliphatic rings.